The summed E-state index contributed by atoms with van der Waals surface area (Å²) < 4.78 is 0. The van der Waals surface area contributed by atoms with Gasteiger partial charge >= 0.3 is 0 Å². The van der Waals surface area contributed by atoms with Gasteiger partial charge in [0.15, 0.2) is 0 Å². The first kappa shape index (κ1) is 13.4. The lowest BCUT2D eigenvalue weighted by Crippen LogP contribution is -2.07. The van der Waals surface area contributed by atoms with E-state index in [4.69, 9.17) is 5.73 Å². The molecule has 3 aromatic rings. The van der Waals surface area contributed by atoms with E-state index < -0.39 is 0 Å². The molecular formula is C18H19N3. The van der Waals surface area contributed by atoms with Crippen LogP contribution in [0.15, 0.2) is 54.6 Å². The molecular weight excluding hydrogens is 258 g/mol. The highest BCUT2D eigenvalue weighted by molar-refractivity contribution is 5.99. The number of rotatable bonds is 4. The zero-order chi connectivity index (χ0) is 14.7. The number of nitrogens with one attached hydrogen (secondary N) is 1. The molecule has 106 valence electrons. The third-order valence-corrected chi connectivity index (χ3v) is 3.59. The summed E-state index contributed by atoms with van der Waals surface area (Å²) in [5, 5.41) is 5.58. The number of nitrogens with two attached hydrogens (primary N) is 1. The van der Waals surface area contributed by atoms with Crippen LogP contribution in [0.5, 0.6) is 0 Å². The molecule has 2 aromatic carbocycles. The maximum atomic E-state index is 6.06. The van der Waals surface area contributed by atoms with Crippen molar-refractivity contribution in [3.05, 3.63) is 65.9 Å². The van der Waals surface area contributed by atoms with Gasteiger partial charge in [0.1, 0.15) is 5.82 Å². The van der Waals surface area contributed by atoms with E-state index in [1.165, 1.54) is 5.56 Å². The fraction of sp³-hybridized carbons (Fsp3) is 0.167. The number of nitrogens with zero attached hydrogens (tertiary/aromatic N) is 1. The van der Waals surface area contributed by atoms with Crippen LogP contribution in [-0.2, 0) is 6.42 Å². The SMILES string of the molecule is Cc1cc2c(N)cccc2c(NCCc2ccccc2)n1. The molecule has 0 aliphatic heterocycles. The Balaban J connectivity index is 1.82. The van der Waals surface area contributed by atoms with Crippen molar-refractivity contribution < 1.29 is 0 Å². The smallest absolute Gasteiger partial charge is 0.134 e. The Morgan fingerprint density at radius 3 is 2.62 bits per heavy atom. The van der Waals surface area contributed by atoms with Crippen LogP contribution in [0, 0.1) is 6.92 Å². The van der Waals surface area contributed by atoms with Gasteiger partial charge in [-0.05, 0) is 31.0 Å². The topological polar surface area (TPSA) is 50.9 Å². The van der Waals surface area contributed by atoms with Crippen molar-refractivity contribution in [2.24, 2.45) is 0 Å². The summed E-state index contributed by atoms with van der Waals surface area (Å²) in [7, 11) is 0. The average Bonchev–Trinajstić information content (AvgIpc) is 2.49. The second-order valence-corrected chi connectivity index (χ2v) is 5.22. The van der Waals surface area contributed by atoms with Gasteiger partial charge in [0.25, 0.3) is 0 Å². The molecule has 0 bridgehead atoms. The van der Waals surface area contributed by atoms with Crippen molar-refractivity contribution in [1.29, 1.82) is 0 Å². The van der Waals surface area contributed by atoms with Crippen LogP contribution < -0.4 is 11.1 Å². The first-order valence-corrected chi connectivity index (χ1v) is 7.18. The van der Waals surface area contributed by atoms with Gasteiger partial charge in [-0.3, -0.25) is 0 Å². The van der Waals surface area contributed by atoms with Gasteiger partial charge in [-0.2, -0.15) is 0 Å². The fourth-order valence-electron chi connectivity index (χ4n) is 2.53. The van der Waals surface area contributed by atoms with Gasteiger partial charge in [0, 0.05) is 28.7 Å². The maximum absolute atomic E-state index is 6.06. The summed E-state index contributed by atoms with van der Waals surface area (Å²) in [6, 6.07) is 18.4. The molecule has 0 spiro atoms. The Morgan fingerprint density at radius 1 is 1.00 bits per heavy atom. The summed E-state index contributed by atoms with van der Waals surface area (Å²) in [6.07, 6.45) is 0.972. The number of aromatic nitrogens is 1. The van der Waals surface area contributed by atoms with Gasteiger partial charge in [0.05, 0.1) is 0 Å². The first-order chi connectivity index (χ1) is 10.2. The van der Waals surface area contributed by atoms with E-state index >= 15 is 0 Å². The predicted octanol–water partition coefficient (Wildman–Crippen LogP) is 3.78. The number of aryl methyl sites for hydroxylation is 1. The van der Waals surface area contributed by atoms with Gasteiger partial charge in [-0.1, -0.05) is 42.5 Å². The monoisotopic (exact) mass is 277 g/mol. The Kier molecular flexibility index (Phi) is 3.73. The summed E-state index contributed by atoms with van der Waals surface area (Å²) in [5.41, 5.74) is 9.15. The van der Waals surface area contributed by atoms with Gasteiger partial charge in [0.2, 0.25) is 0 Å². The van der Waals surface area contributed by atoms with E-state index in [2.05, 4.69) is 40.6 Å². The lowest BCUT2D eigenvalue weighted by molar-refractivity contribution is 1.01. The average molecular weight is 277 g/mol. The van der Waals surface area contributed by atoms with E-state index in [0.29, 0.717) is 0 Å². The van der Waals surface area contributed by atoms with Crippen LogP contribution in [0.25, 0.3) is 10.8 Å². The lowest BCUT2D eigenvalue weighted by atomic mass is 10.1. The minimum Gasteiger partial charge on any atom is -0.398 e. The number of anilines is 2. The minimum absolute atomic E-state index is 0.795. The fourth-order valence-corrected chi connectivity index (χ4v) is 2.53. The van der Waals surface area contributed by atoms with Crippen LogP contribution in [0.2, 0.25) is 0 Å². The summed E-state index contributed by atoms with van der Waals surface area (Å²) in [4.78, 5) is 4.61. The Morgan fingerprint density at radius 2 is 1.81 bits per heavy atom. The zero-order valence-electron chi connectivity index (χ0n) is 12.1. The molecule has 0 aliphatic rings. The molecule has 3 nitrogen and oxygen atoms in total. The molecule has 0 radical (unpaired) electrons. The largest absolute Gasteiger partial charge is 0.398 e. The Labute approximate surface area is 124 Å². The summed E-state index contributed by atoms with van der Waals surface area (Å²) in [5.74, 6) is 0.910. The number of fused-ring (bicyclic) bond motifs is 1. The van der Waals surface area contributed by atoms with Crippen molar-refractivity contribution in [3.8, 4) is 0 Å². The summed E-state index contributed by atoms with van der Waals surface area (Å²) in [6.45, 7) is 2.85. The van der Waals surface area contributed by atoms with Crippen LogP contribution in [0.4, 0.5) is 11.5 Å². The molecule has 0 saturated heterocycles. The van der Waals surface area contributed by atoms with Crippen LogP contribution in [0.3, 0.4) is 0 Å². The lowest BCUT2D eigenvalue weighted by Gasteiger charge is -2.11. The molecule has 3 heteroatoms. The molecule has 0 amide bonds. The zero-order valence-corrected chi connectivity index (χ0v) is 12.1. The normalized spacial score (nSPS) is 10.7. The minimum atomic E-state index is 0.795. The second-order valence-electron chi connectivity index (χ2n) is 5.22. The highest BCUT2D eigenvalue weighted by atomic mass is 15.0. The third kappa shape index (κ3) is 2.97. The van der Waals surface area contributed by atoms with E-state index in [1.54, 1.807) is 0 Å². The predicted molar refractivity (Wildman–Crippen MR) is 89.5 cm³/mol. The number of hydrogen-bond acceptors (Lipinski definition) is 3. The van der Waals surface area contributed by atoms with E-state index in [0.717, 1.165) is 40.9 Å². The standard InChI is InChI=1S/C18H19N3/c1-13-12-16-15(8-5-9-17(16)19)18(21-13)20-11-10-14-6-3-2-4-7-14/h2-9,12H,10-11,19H2,1H3,(H,20,21). The molecule has 1 aromatic heterocycles. The van der Waals surface area contributed by atoms with Crippen LogP contribution >= 0.6 is 0 Å². The van der Waals surface area contributed by atoms with E-state index in [1.807, 2.05) is 31.2 Å². The molecule has 0 atom stereocenters. The maximum Gasteiger partial charge on any atom is 0.134 e. The Bertz CT molecular complexity index is 751. The molecule has 3 N–H and O–H groups in total. The van der Waals surface area contributed by atoms with Crippen LogP contribution in [-0.4, -0.2) is 11.5 Å². The van der Waals surface area contributed by atoms with Crippen molar-refractivity contribution >= 4 is 22.3 Å². The Hall–Kier alpha value is -2.55. The molecule has 3 rings (SSSR count). The molecule has 1 heterocycles. The molecule has 0 unspecified atom stereocenters. The quantitative estimate of drug-likeness (QED) is 0.713. The highest BCUT2D eigenvalue weighted by Gasteiger charge is 2.06. The summed E-state index contributed by atoms with van der Waals surface area (Å²) >= 11 is 0. The number of benzene rings is 2. The third-order valence-electron chi connectivity index (χ3n) is 3.59. The van der Waals surface area contributed by atoms with Gasteiger partial charge in [-0.25, -0.2) is 4.98 Å². The van der Waals surface area contributed by atoms with Gasteiger partial charge in [-0.15, -0.1) is 0 Å². The molecule has 0 aliphatic carbocycles. The van der Waals surface area contributed by atoms with Crippen molar-refractivity contribution in [2.75, 3.05) is 17.6 Å². The van der Waals surface area contributed by atoms with E-state index in [9.17, 15) is 0 Å². The highest BCUT2D eigenvalue weighted by Crippen LogP contribution is 2.27. The van der Waals surface area contributed by atoms with Crippen molar-refractivity contribution in [2.45, 2.75) is 13.3 Å². The second kappa shape index (κ2) is 5.83. The number of nitrogen functional groups attached to an aromatic ring is 1. The molecule has 0 saturated carbocycles. The van der Waals surface area contributed by atoms with Crippen molar-refractivity contribution in [1.82, 2.24) is 4.98 Å². The number of pyridine rings is 1. The van der Waals surface area contributed by atoms with E-state index in [-0.39, 0.29) is 0 Å². The number of hydrogen-bond donors (Lipinski definition) is 2. The molecule has 0 fully saturated rings. The molecule has 21 heavy (non-hydrogen) atoms. The van der Waals surface area contributed by atoms with Gasteiger partial charge < -0.3 is 11.1 Å². The van der Waals surface area contributed by atoms with Crippen molar-refractivity contribution in [3.63, 3.8) is 0 Å². The first-order valence-electron chi connectivity index (χ1n) is 7.18. The van der Waals surface area contributed by atoms with Crippen LogP contribution in [0.1, 0.15) is 11.3 Å².